The highest BCUT2D eigenvalue weighted by molar-refractivity contribution is 6.30. The molecule has 0 bridgehead atoms. The van der Waals surface area contributed by atoms with Crippen LogP contribution in [0.4, 0.5) is 0 Å². The molecule has 5 nitrogen and oxygen atoms in total. The maximum atomic E-state index is 10.2. The zero-order chi connectivity index (χ0) is 19.6. The van der Waals surface area contributed by atoms with E-state index in [9.17, 15) is 5.11 Å². The summed E-state index contributed by atoms with van der Waals surface area (Å²) in [5.74, 6) is 1.49. The van der Waals surface area contributed by atoms with Crippen molar-refractivity contribution >= 4 is 11.6 Å². The highest BCUT2D eigenvalue weighted by Crippen LogP contribution is 2.41. The highest BCUT2D eigenvalue weighted by Gasteiger charge is 2.40. The van der Waals surface area contributed by atoms with Gasteiger partial charge in [-0.05, 0) is 64.7 Å². The lowest BCUT2D eigenvalue weighted by molar-refractivity contribution is -0.0331. The number of nitrogens with zero attached hydrogens (tertiary/aromatic N) is 2. The molecule has 2 saturated heterocycles. The normalized spacial score (nSPS) is 23.7. The molecule has 0 radical (unpaired) electrons. The van der Waals surface area contributed by atoms with Crippen LogP contribution in [-0.2, 0) is 6.54 Å². The average molecular weight is 397 g/mol. The predicted molar refractivity (Wildman–Crippen MR) is 109 cm³/mol. The number of likely N-dealkylation sites (tertiary alicyclic amines) is 2. The zero-order valence-electron chi connectivity index (χ0n) is 17.0. The third-order valence-electron chi connectivity index (χ3n) is 5.78. The summed E-state index contributed by atoms with van der Waals surface area (Å²) in [6, 6.07) is 3.80. The molecule has 2 heterocycles. The van der Waals surface area contributed by atoms with E-state index < -0.39 is 0 Å². The minimum atomic E-state index is -0.196. The van der Waals surface area contributed by atoms with Gasteiger partial charge in [0, 0.05) is 36.3 Å². The number of halogens is 1. The molecule has 2 fully saturated rings. The van der Waals surface area contributed by atoms with Crippen LogP contribution in [0.1, 0.15) is 38.7 Å². The fourth-order valence-electron chi connectivity index (χ4n) is 4.68. The summed E-state index contributed by atoms with van der Waals surface area (Å²) in [5.41, 5.74) is 1.33. The Morgan fingerprint density at radius 3 is 2.59 bits per heavy atom. The number of likely N-dealkylation sites (N-methyl/N-ethyl adjacent to an activating group) is 1. The highest BCUT2D eigenvalue weighted by atomic mass is 35.5. The van der Waals surface area contributed by atoms with E-state index in [1.54, 1.807) is 7.11 Å². The molecule has 0 saturated carbocycles. The molecule has 2 aliphatic rings. The molecule has 0 aliphatic carbocycles. The number of methoxy groups -OCH3 is 1. The van der Waals surface area contributed by atoms with Gasteiger partial charge in [0.15, 0.2) is 11.5 Å². The molecule has 1 atom stereocenters. The van der Waals surface area contributed by atoms with Crippen LogP contribution in [0.2, 0.25) is 5.02 Å². The van der Waals surface area contributed by atoms with Gasteiger partial charge in [0.2, 0.25) is 0 Å². The van der Waals surface area contributed by atoms with Gasteiger partial charge < -0.3 is 19.5 Å². The van der Waals surface area contributed by atoms with E-state index in [0.29, 0.717) is 10.8 Å². The smallest absolute Gasteiger partial charge is 0.166 e. The lowest BCUT2D eigenvalue weighted by Crippen LogP contribution is -2.52. The summed E-state index contributed by atoms with van der Waals surface area (Å²) < 4.78 is 11.6. The Bertz CT molecular complexity index is 633. The molecular weight excluding hydrogens is 364 g/mol. The van der Waals surface area contributed by atoms with Crippen LogP contribution in [0.15, 0.2) is 12.1 Å². The molecule has 1 aromatic rings. The van der Waals surface area contributed by atoms with Gasteiger partial charge in [-0.3, -0.25) is 4.90 Å². The molecule has 1 N–H and O–H groups in total. The molecule has 1 spiro atoms. The first-order chi connectivity index (χ1) is 12.8. The number of benzene rings is 1. The van der Waals surface area contributed by atoms with E-state index in [4.69, 9.17) is 21.1 Å². The SMILES string of the molecule is COc1cc(Cl)cc(CN2CCC3(CC2)CC(O)CN(C)C3)c1OC(C)C. The first-order valence-electron chi connectivity index (χ1n) is 9.92. The standard InChI is InChI=1S/C21H33ClN2O3/c1-15(2)27-20-16(9-17(22)10-19(20)26-4)12-24-7-5-21(6-8-24)11-18(25)13-23(3)14-21/h9-10,15,18,25H,5-8,11-14H2,1-4H3. The van der Waals surface area contributed by atoms with E-state index in [1.165, 1.54) is 0 Å². The fourth-order valence-corrected chi connectivity index (χ4v) is 4.91. The quantitative estimate of drug-likeness (QED) is 0.826. The van der Waals surface area contributed by atoms with Crippen molar-refractivity contribution in [3.63, 3.8) is 0 Å². The predicted octanol–water partition coefficient (Wildman–Crippen LogP) is 3.41. The summed E-state index contributed by atoms with van der Waals surface area (Å²) in [4.78, 5) is 4.74. The van der Waals surface area contributed by atoms with Crippen LogP contribution in [-0.4, -0.2) is 67.5 Å². The van der Waals surface area contributed by atoms with Crippen molar-refractivity contribution in [1.29, 1.82) is 0 Å². The van der Waals surface area contributed by atoms with Gasteiger partial charge in [-0.15, -0.1) is 0 Å². The fraction of sp³-hybridized carbons (Fsp3) is 0.714. The molecule has 6 heteroatoms. The Kier molecular flexibility index (Phi) is 6.57. The Morgan fingerprint density at radius 2 is 2.00 bits per heavy atom. The zero-order valence-corrected chi connectivity index (χ0v) is 17.8. The molecule has 0 amide bonds. The third kappa shape index (κ3) is 5.08. The summed E-state index contributed by atoms with van der Waals surface area (Å²) in [6.45, 7) is 8.77. The van der Waals surface area contributed by atoms with Crippen LogP contribution < -0.4 is 9.47 Å². The Hall–Kier alpha value is -1.01. The van der Waals surface area contributed by atoms with E-state index in [-0.39, 0.29) is 17.6 Å². The van der Waals surface area contributed by atoms with Crippen molar-refractivity contribution in [1.82, 2.24) is 9.80 Å². The van der Waals surface area contributed by atoms with Crippen molar-refractivity contribution in [2.75, 3.05) is 40.3 Å². The molecule has 1 aromatic carbocycles. The van der Waals surface area contributed by atoms with Crippen molar-refractivity contribution in [2.24, 2.45) is 5.41 Å². The summed E-state index contributed by atoms with van der Waals surface area (Å²) in [7, 11) is 3.77. The number of aliphatic hydroxyl groups excluding tert-OH is 1. The second-order valence-corrected chi connectivity index (χ2v) is 9.03. The Balaban J connectivity index is 1.71. The van der Waals surface area contributed by atoms with Crippen LogP contribution >= 0.6 is 11.6 Å². The summed E-state index contributed by atoms with van der Waals surface area (Å²) in [6.07, 6.45) is 3.04. The van der Waals surface area contributed by atoms with Gasteiger partial charge in [0.1, 0.15) is 0 Å². The van der Waals surface area contributed by atoms with Crippen LogP contribution in [0, 0.1) is 5.41 Å². The topological polar surface area (TPSA) is 45.2 Å². The van der Waals surface area contributed by atoms with Crippen molar-refractivity contribution in [3.8, 4) is 11.5 Å². The number of β-amino-alcohol motifs (C(OH)–C–C–N with tert-alkyl or cyclic N) is 1. The average Bonchev–Trinajstić information content (AvgIpc) is 2.58. The Labute approximate surface area is 168 Å². The maximum absolute atomic E-state index is 10.2. The number of rotatable bonds is 5. The Morgan fingerprint density at radius 1 is 1.30 bits per heavy atom. The van der Waals surface area contributed by atoms with Crippen LogP contribution in [0.3, 0.4) is 0 Å². The molecule has 152 valence electrons. The number of hydrogen-bond donors (Lipinski definition) is 1. The lowest BCUT2D eigenvalue weighted by atomic mass is 9.71. The molecular formula is C21H33ClN2O3. The molecule has 0 aromatic heterocycles. The van der Waals surface area contributed by atoms with E-state index in [2.05, 4.69) is 16.8 Å². The number of hydrogen-bond acceptors (Lipinski definition) is 5. The van der Waals surface area contributed by atoms with Crippen molar-refractivity contribution < 1.29 is 14.6 Å². The summed E-state index contributed by atoms with van der Waals surface area (Å²) >= 11 is 6.32. The van der Waals surface area contributed by atoms with Crippen molar-refractivity contribution in [3.05, 3.63) is 22.7 Å². The lowest BCUT2D eigenvalue weighted by Gasteiger charge is -2.48. The van der Waals surface area contributed by atoms with Gasteiger partial charge in [0.05, 0.1) is 19.3 Å². The van der Waals surface area contributed by atoms with Crippen LogP contribution in [0.25, 0.3) is 0 Å². The van der Waals surface area contributed by atoms with Gasteiger partial charge in [-0.2, -0.15) is 0 Å². The van der Waals surface area contributed by atoms with Gasteiger partial charge in [-0.1, -0.05) is 11.6 Å². The largest absolute Gasteiger partial charge is 0.493 e. The monoisotopic (exact) mass is 396 g/mol. The van der Waals surface area contributed by atoms with Crippen LogP contribution in [0.5, 0.6) is 11.5 Å². The minimum absolute atomic E-state index is 0.0720. The van der Waals surface area contributed by atoms with E-state index in [1.807, 2.05) is 26.0 Å². The van der Waals surface area contributed by atoms with Gasteiger partial charge >= 0.3 is 0 Å². The van der Waals surface area contributed by atoms with Crippen molar-refractivity contribution in [2.45, 2.75) is 51.9 Å². The summed E-state index contributed by atoms with van der Waals surface area (Å²) in [5, 5.41) is 10.9. The first-order valence-corrected chi connectivity index (χ1v) is 10.3. The van der Waals surface area contributed by atoms with E-state index >= 15 is 0 Å². The van der Waals surface area contributed by atoms with Gasteiger partial charge in [-0.25, -0.2) is 0 Å². The minimum Gasteiger partial charge on any atom is -0.493 e. The second kappa shape index (κ2) is 8.56. The molecule has 3 rings (SSSR count). The van der Waals surface area contributed by atoms with E-state index in [0.717, 1.165) is 63.3 Å². The number of aliphatic hydroxyl groups is 1. The molecule has 2 aliphatic heterocycles. The second-order valence-electron chi connectivity index (χ2n) is 8.59. The molecule has 27 heavy (non-hydrogen) atoms. The maximum Gasteiger partial charge on any atom is 0.166 e. The number of piperidine rings is 2. The molecule has 1 unspecified atom stereocenters. The third-order valence-corrected chi connectivity index (χ3v) is 6.00. The van der Waals surface area contributed by atoms with Gasteiger partial charge in [0.25, 0.3) is 0 Å². The first kappa shape index (κ1) is 20.7. The number of ether oxygens (including phenoxy) is 2.